The fourth-order valence-electron chi connectivity index (χ4n) is 3.16. The van der Waals surface area contributed by atoms with Gasteiger partial charge in [-0.2, -0.15) is 0 Å². The van der Waals surface area contributed by atoms with Crippen LogP contribution in [0.15, 0.2) is 48.5 Å². The smallest absolute Gasteiger partial charge is 0.244 e. The van der Waals surface area contributed by atoms with Gasteiger partial charge in [0.05, 0.1) is 19.1 Å². The fraction of sp³-hybridized carbons (Fsp3) is 0.391. The Morgan fingerprint density at radius 1 is 1.06 bits per heavy atom. The summed E-state index contributed by atoms with van der Waals surface area (Å²) in [6, 6.07) is 11.0. The minimum atomic E-state index is -3.84. The fourth-order valence-corrected chi connectivity index (χ4v) is 4.01. The molecule has 10 heteroatoms. The minimum Gasteiger partial charge on any atom is -0.497 e. The lowest BCUT2D eigenvalue weighted by molar-refractivity contribution is -0.139. The summed E-state index contributed by atoms with van der Waals surface area (Å²) in [6.45, 7) is 4.33. The van der Waals surface area contributed by atoms with E-state index in [0.717, 1.165) is 10.6 Å². The molecule has 0 aliphatic carbocycles. The van der Waals surface area contributed by atoms with Crippen LogP contribution in [0.1, 0.15) is 26.3 Å². The molecule has 1 N–H and O–H groups in total. The molecule has 0 heterocycles. The standard InChI is InChI=1S/C23H30FN3O5S/c1-16(2)25-23(29)17(3)26(14-18-8-6-7-9-21(18)24)22(28)15-27(33(5,30)31)19-10-12-20(32-4)13-11-19/h6-13,16-17H,14-15H2,1-5H3,(H,25,29)/t17-/m1/s1. The molecule has 0 aliphatic heterocycles. The maximum absolute atomic E-state index is 14.3. The molecule has 0 bridgehead atoms. The number of methoxy groups -OCH3 is 1. The van der Waals surface area contributed by atoms with Crippen LogP contribution in [0.4, 0.5) is 10.1 Å². The number of hydrogen-bond donors (Lipinski definition) is 1. The van der Waals surface area contributed by atoms with Crippen molar-refractivity contribution in [2.24, 2.45) is 0 Å². The van der Waals surface area contributed by atoms with Gasteiger partial charge in [0.2, 0.25) is 21.8 Å². The number of hydrogen-bond acceptors (Lipinski definition) is 5. The van der Waals surface area contributed by atoms with Crippen molar-refractivity contribution in [3.8, 4) is 5.75 Å². The highest BCUT2D eigenvalue weighted by Crippen LogP contribution is 2.22. The lowest BCUT2D eigenvalue weighted by Crippen LogP contribution is -2.52. The summed E-state index contributed by atoms with van der Waals surface area (Å²) in [7, 11) is -2.36. The van der Waals surface area contributed by atoms with Gasteiger partial charge in [0.15, 0.2) is 0 Å². The Kier molecular flexibility index (Phi) is 8.81. The third-order valence-corrected chi connectivity index (χ3v) is 6.08. The van der Waals surface area contributed by atoms with Crippen molar-refractivity contribution in [2.45, 2.75) is 39.4 Å². The Morgan fingerprint density at radius 3 is 2.18 bits per heavy atom. The zero-order chi connectivity index (χ0) is 24.8. The molecule has 0 saturated carbocycles. The number of carbonyl (C=O) groups excluding carboxylic acids is 2. The van der Waals surface area contributed by atoms with Gasteiger partial charge in [-0.15, -0.1) is 0 Å². The normalized spacial score (nSPS) is 12.2. The van der Waals surface area contributed by atoms with Crippen LogP contribution in [0.2, 0.25) is 0 Å². The van der Waals surface area contributed by atoms with Gasteiger partial charge in [0, 0.05) is 18.2 Å². The Balaban J connectivity index is 2.39. The molecule has 0 aliphatic rings. The number of rotatable bonds is 10. The van der Waals surface area contributed by atoms with Gasteiger partial charge in [-0.3, -0.25) is 13.9 Å². The van der Waals surface area contributed by atoms with Gasteiger partial charge in [-0.05, 0) is 51.1 Å². The van der Waals surface area contributed by atoms with Crippen molar-refractivity contribution in [3.63, 3.8) is 0 Å². The Labute approximate surface area is 194 Å². The van der Waals surface area contributed by atoms with Crippen molar-refractivity contribution in [3.05, 3.63) is 59.9 Å². The summed E-state index contributed by atoms with van der Waals surface area (Å²) in [4.78, 5) is 27.2. The Bertz CT molecular complexity index is 1070. The molecule has 0 unspecified atom stereocenters. The lowest BCUT2D eigenvalue weighted by atomic mass is 10.1. The summed E-state index contributed by atoms with van der Waals surface area (Å²) >= 11 is 0. The monoisotopic (exact) mass is 479 g/mol. The highest BCUT2D eigenvalue weighted by atomic mass is 32.2. The third-order valence-electron chi connectivity index (χ3n) is 4.94. The number of sulfonamides is 1. The molecule has 0 saturated heterocycles. The molecule has 1 atom stereocenters. The molecule has 0 spiro atoms. The maximum Gasteiger partial charge on any atom is 0.244 e. The number of carbonyl (C=O) groups is 2. The second-order valence-corrected chi connectivity index (χ2v) is 9.83. The Hall–Kier alpha value is -3.14. The predicted molar refractivity (Wildman–Crippen MR) is 125 cm³/mol. The first-order valence-corrected chi connectivity index (χ1v) is 12.2. The summed E-state index contributed by atoms with van der Waals surface area (Å²) in [5, 5.41) is 2.73. The number of benzene rings is 2. The van der Waals surface area contributed by atoms with Gasteiger partial charge in [0.1, 0.15) is 24.2 Å². The molecule has 0 fully saturated rings. The number of ether oxygens (including phenoxy) is 1. The van der Waals surface area contributed by atoms with Crippen LogP contribution < -0.4 is 14.4 Å². The lowest BCUT2D eigenvalue weighted by Gasteiger charge is -2.32. The maximum atomic E-state index is 14.3. The first-order chi connectivity index (χ1) is 15.4. The predicted octanol–water partition coefficient (Wildman–Crippen LogP) is 2.54. The third kappa shape index (κ3) is 7.18. The van der Waals surface area contributed by atoms with Crippen molar-refractivity contribution in [1.29, 1.82) is 0 Å². The molecule has 0 radical (unpaired) electrons. The van der Waals surface area contributed by atoms with E-state index in [0.29, 0.717) is 5.75 Å². The molecule has 2 amide bonds. The van der Waals surface area contributed by atoms with E-state index in [1.54, 1.807) is 32.0 Å². The second-order valence-electron chi connectivity index (χ2n) is 7.92. The van der Waals surface area contributed by atoms with Crippen LogP contribution in [0.3, 0.4) is 0 Å². The molecule has 2 rings (SSSR count). The van der Waals surface area contributed by atoms with Crippen LogP contribution in [0.5, 0.6) is 5.75 Å². The van der Waals surface area contributed by atoms with Crippen molar-refractivity contribution in [2.75, 3.05) is 24.2 Å². The zero-order valence-electron chi connectivity index (χ0n) is 19.4. The number of nitrogens with zero attached hydrogens (tertiary/aromatic N) is 2. The molecule has 2 aromatic carbocycles. The van der Waals surface area contributed by atoms with Crippen LogP contribution in [0, 0.1) is 5.82 Å². The van der Waals surface area contributed by atoms with Gasteiger partial charge >= 0.3 is 0 Å². The largest absolute Gasteiger partial charge is 0.497 e. The molecule has 33 heavy (non-hydrogen) atoms. The zero-order valence-corrected chi connectivity index (χ0v) is 20.2. The number of nitrogens with one attached hydrogen (secondary N) is 1. The summed E-state index contributed by atoms with van der Waals surface area (Å²) in [6.07, 6.45) is 0.987. The van der Waals surface area contributed by atoms with Crippen molar-refractivity contribution in [1.82, 2.24) is 10.2 Å². The minimum absolute atomic E-state index is 0.169. The van der Waals surface area contributed by atoms with E-state index in [9.17, 15) is 22.4 Å². The van der Waals surface area contributed by atoms with E-state index in [1.165, 1.54) is 49.3 Å². The van der Waals surface area contributed by atoms with Gasteiger partial charge in [-0.25, -0.2) is 12.8 Å². The molecular formula is C23H30FN3O5S. The van der Waals surface area contributed by atoms with Crippen molar-refractivity contribution < 1.29 is 27.1 Å². The van der Waals surface area contributed by atoms with E-state index in [2.05, 4.69) is 5.32 Å². The van der Waals surface area contributed by atoms with Crippen LogP contribution in [-0.4, -0.2) is 57.1 Å². The van der Waals surface area contributed by atoms with E-state index in [1.807, 2.05) is 0 Å². The SMILES string of the molecule is COc1ccc(N(CC(=O)N(Cc2ccccc2F)[C@H](C)C(=O)NC(C)C)S(C)(=O)=O)cc1. The first kappa shape index (κ1) is 26.1. The van der Waals surface area contributed by atoms with Gasteiger partial charge < -0.3 is 15.0 Å². The molecule has 180 valence electrons. The summed E-state index contributed by atoms with van der Waals surface area (Å²) in [5.74, 6) is -1.07. The number of anilines is 1. The van der Waals surface area contributed by atoms with Gasteiger partial charge in [0.25, 0.3) is 0 Å². The second kappa shape index (κ2) is 11.1. The Morgan fingerprint density at radius 2 is 1.67 bits per heavy atom. The van der Waals surface area contributed by atoms with Gasteiger partial charge in [-0.1, -0.05) is 18.2 Å². The number of amides is 2. The first-order valence-electron chi connectivity index (χ1n) is 10.4. The summed E-state index contributed by atoms with van der Waals surface area (Å²) in [5.41, 5.74) is 0.474. The van der Waals surface area contributed by atoms with Crippen LogP contribution in [0.25, 0.3) is 0 Å². The molecular weight excluding hydrogens is 449 g/mol. The average molecular weight is 480 g/mol. The van der Waals surface area contributed by atoms with E-state index in [4.69, 9.17) is 4.74 Å². The van der Waals surface area contributed by atoms with E-state index in [-0.39, 0.29) is 23.8 Å². The van der Waals surface area contributed by atoms with Crippen LogP contribution >= 0.6 is 0 Å². The summed E-state index contributed by atoms with van der Waals surface area (Å²) < 4.78 is 45.3. The number of halogens is 1. The van der Waals surface area contributed by atoms with Crippen molar-refractivity contribution >= 4 is 27.5 Å². The molecule has 8 nitrogen and oxygen atoms in total. The van der Waals surface area contributed by atoms with E-state index >= 15 is 0 Å². The van der Waals surface area contributed by atoms with Crippen LogP contribution in [-0.2, 0) is 26.2 Å². The van der Waals surface area contributed by atoms with E-state index < -0.39 is 40.2 Å². The molecule has 2 aromatic rings. The quantitative estimate of drug-likeness (QED) is 0.565. The highest BCUT2D eigenvalue weighted by Gasteiger charge is 2.30. The topological polar surface area (TPSA) is 96.0 Å². The average Bonchev–Trinajstić information content (AvgIpc) is 2.75. The highest BCUT2D eigenvalue weighted by molar-refractivity contribution is 7.92. The molecule has 0 aromatic heterocycles.